The van der Waals surface area contributed by atoms with Crippen LogP contribution in [0, 0.1) is 0 Å². The first-order valence-corrected chi connectivity index (χ1v) is 6.73. The topological polar surface area (TPSA) is 30.0 Å². The summed E-state index contributed by atoms with van der Waals surface area (Å²) in [6.45, 7) is 0. The summed E-state index contributed by atoms with van der Waals surface area (Å²) in [7, 11) is 0. The van der Waals surface area contributed by atoms with Crippen LogP contribution >= 0.6 is 34.8 Å². The van der Waals surface area contributed by atoms with Gasteiger partial charge in [0.15, 0.2) is 0 Å². The van der Waals surface area contributed by atoms with E-state index in [1.54, 1.807) is 30.5 Å². The lowest BCUT2D eigenvalue weighted by atomic mass is 10.0. The average molecular weight is 315 g/mol. The van der Waals surface area contributed by atoms with Gasteiger partial charge in [0, 0.05) is 35.3 Å². The van der Waals surface area contributed by atoms with Crippen LogP contribution in [0.2, 0.25) is 15.1 Å². The summed E-state index contributed by atoms with van der Waals surface area (Å²) < 4.78 is 0. The number of carbonyl (C=O) groups excluding carboxylic acids is 1. The lowest BCUT2D eigenvalue weighted by Crippen LogP contribution is -2.07. The minimum absolute atomic E-state index is 0.0392. The zero-order valence-electron chi connectivity index (χ0n) is 9.87. The first-order chi connectivity index (χ1) is 9.06. The average Bonchev–Trinajstić information content (AvgIpc) is 2.36. The number of hydrogen-bond acceptors (Lipinski definition) is 2. The van der Waals surface area contributed by atoms with E-state index in [2.05, 4.69) is 4.98 Å². The molecule has 0 aliphatic heterocycles. The zero-order chi connectivity index (χ0) is 13.8. The maximum absolute atomic E-state index is 12.0. The maximum atomic E-state index is 12.0. The predicted octanol–water partition coefficient (Wildman–Crippen LogP) is 4.40. The van der Waals surface area contributed by atoms with Crippen LogP contribution in [0.5, 0.6) is 0 Å². The molecule has 1 aromatic carbocycles. The Morgan fingerprint density at radius 2 is 1.68 bits per heavy atom. The number of carbonyl (C=O) groups is 1. The second-order valence-corrected chi connectivity index (χ2v) is 5.35. The fraction of sp³-hybridized carbons (Fsp3) is 0.143. The van der Waals surface area contributed by atoms with Gasteiger partial charge in [0.1, 0.15) is 5.78 Å². The number of benzene rings is 1. The summed E-state index contributed by atoms with van der Waals surface area (Å²) in [6.07, 6.45) is 3.66. The summed E-state index contributed by atoms with van der Waals surface area (Å²) in [6, 6.07) is 6.85. The molecule has 0 amide bonds. The molecule has 2 rings (SSSR count). The number of aromatic nitrogens is 1. The smallest absolute Gasteiger partial charge is 0.141 e. The van der Waals surface area contributed by atoms with Crippen LogP contribution in [-0.2, 0) is 17.6 Å². The Kier molecular flexibility index (Phi) is 4.81. The van der Waals surface area contributed by atoms with Crippen LogP contribution in [0.4, 0.5) is 0 Å². The van der Waals surface area contributed by atoms with Crippen molar-refractivity contribution in [3.63, 3.8) is 0 Å². The Morgan fingerprint density at radius 1 is 1.00 bits per heavy atom. The second kappa shape index (κ2) is 6.38. The van der Waals surface area contributed by atoms with Crippen LogP contribution in [0.1, 0.15) is 11.1 Å². The fourth-order valence-electron chi connectivity index (χ4n) is 1.70. The van der Waals surface area contributed by atoms with Crippen LogP contribution in [-0.4, -0.2) is 10.8 Å². The number of ketones is 1. The summed E-state index contributed by atoms with van der Waals surface area (Å²) >= 11 is 17.8. The molecular weight excluding hydrogens is 305 g/mol. The number of hydrogen-bond donors (Lipinski definition) is 0. The van der Waals surface area contributed by atoms with E-state index in [0.29, 0.717) is 15.1 Å². The zero-order valence-corrected chi connectivity index (χ0v) is 12.1. The lowest BCUT2D eigenvalue weighted by molar-refractivity contribution is -0.117. The van der Waals surface area contributed by atoms with Gasteiger partial charge in [-0.2, -0.15) is 0 Å². The van der Waals surface area contributed by atoms with E-state index < -0.39 is 0 Å². The van der Waals surface area contributed by atoms with E-state index in [-0.39, 0.29) is 18.6 Å². The van der Waals surface area contributed by atoms with Gasteiger partial charge in [-0.1, -0.05) is 40.9 Å². The van der Waals surface area contributed by atoms with Crippen molar-refractivity contribution in [3.05, 3.63) is 62.9 Å². The first kappa shape index (κ1) is 14.3. The summed E-state index contributed by atoms with van der Waals surface area (Å²) in [5.74, 6) is 0.0392. The minimum atomic E-state index is 0.0392. The van der Waals surface area contributed by atoms with Crippen molar-refractivity contribution in [1.29, 1.82) is 0 Å². The highest BCUT2D eigenvalue weighted by Gasteiger charge is 2.10. The number of rotatable bonds is 4. The number of pyridine rings is 1. The van der Waals surface area contributed by atoms with Crippen molar-refractivity contribution in [2.24, 2.45) is 0 Å². The Bertz CT molecular complexity index is 613. The monoisotopic (exact) mass is 313 g/mol. The highest BCUT2D eigenvalue weighted by atomic mass is 35.5. The first-order valence-electron chi connectivity index (χ1n) is 5.60. The highest BCUT2D eigenvalue weighted by molar-refractivity contribution is 6.35. The summed E-state index contributed by atoms with van der Waals surface area (Å²) in [5, 5.41) is 1.55. The molecule has 98 valence electrons. The molecule has 0 spiro atoms. The van der Waals surface area contributed by atoms with Crippen LogP contribution < -0.4 is 0 Å². The van der Waals surface area contributed by atoms with Gasteiger partial charge in [-0.05, 0) is 29.3 Å². The molecule has 0 unspecified atom stereocenters. The molecule has 0 saturated heterocycles. The van der Waals surface area contributed by atoms with E-state index in [4.69, 9.17) is 34.8 Å². The van der Waals surface area contributed by atoms with E-state index in [1.165, 1.54) is 6.20 Å². The van der Waals surface area contributed by atoms with Gasteiger partial charge in [-0.3, -0.25) is 9.78 Å². The van der Waals surface area contributed by atoms with E-state index in [0.717, 1.165) is 11.1 Å². The van der Waals surface area contributed by atoms with Crippen LogP contribution in [0.15, 0.2) is 36.7 Å². The van der Waals surface area contributed by atoms with Gasteiger partial charge in [0.2, 0.25) is 0 Å². The number of halogens is 3. The Morgan fingerprint density at radius 3 is 2.32 bits per heavy atom. The summed E-state index contributed by atoms with van der Waals surface area (Å²) in [4.78, 5) is 15.9. The fourth-order valence-corrected chi connectivity index (χ4v) is 2.36. The van der Waals surface area contributed by atoms with Crippen LogP contribution in [0.25, 0.3) is 0 Å². The SMILES string of the molecule is O=C(Cc1ccncc1Cl)Cc1ccc(Cl)cc1Cl. The quantitative estimate of drug-likeness (QED) is 0.837. The molecule has 2 nitrogen and oxygen atoms in total. The molecule has 0 aliphatic rings. The maximum Gasteiger partial charge on any atom is 0.141 e. The molecule has 2 aromatic rings. The highest BCUT2D eigenvalue weighted by Crippen LogP contribution is 2.22. The standard InChI is InChI=1S/C14H10Cl3NO/c15-11-2-1-9(13(16)7-11)5-12(19)6-10-3-4-18-8-14(10)17/h1-4,7-8H,5-6H2. The predicted molar refractivity (Wildman–Crippen MR) is 78.1 cm³/mol. The third kappa shape index (κ3) is 3.93. The molecule has 0 atom stereocenters. The Labute approximate surface area is 126 Å². The van der Waals surface area contributed by atoms with Gasteiger partial charge < -0.3 is 0 Å². The third-order valence-corrected chi connectivity index (χ3v) is 3.57. The van der Waals surface area contributed by atoms with Crippen molar-refractivity contribution in [1.82, 2.24) is 4.98 Å². The van der Waals surface area contributed by atoms with Crippen molar-refractivity contribution in [3.8, 4) is 0 Å². The van der Waals surface area contributed by atoms with Gasteiger partial charge in [0.05, 0.1) is 5.02 Å². The van der Waals surface area contributed by atoms with E-state index in [9.17, 15) is 4.79 Å². The molecule has 0 saturated carbocycles. The van der Waals surface area contributed by atoms with Crippen molar-refractivity contribution < 1.29 is 4.79 Å². The van der Waals surface area contributed by atoms with Gasteiger partial charge in [-0.25, -0.2) is 0 Å². The molecule has 1 heterocycles. The van der Waals surface area contributed by atoms with Crippen molar-refractivity contribution in [2.45, 2.75) is 12.8 Å². The van der Waals surface area contributed by atoms with E-state index in [1.807, 2.05) is 0 Å². The molecule has 0 N–H and O–H groups in total. The van der Waals surface area contributed by atoms with Crippen molar-refractivity contribution in [2.75, 3.05) is 0 Å². The molecular formula is C14H10Cl3NO. The molecule has 0 fully saturated rings. The minimum Gasteiger partial charge on any atom is -0.299 e. The Balaban J connectivity index is 2.08. The largest absolute Gasteiger partial charge is 0.299 e. The molecule has 19 heavy (non-hydrogen) atoms. The number of Topliss-reactive ketones (excluding diaryl/α,β-unsaturated/α-hetero) is 1. The normalized spacial score (nSPS) is 10.5. The molecule has 0 radical (unpaired) electrons. The van der Waals surface area contributed by atoms with Crippen molar-refractivity contribution >= 4 is 40.6 Å². The molecule has 5 heteroatoms. The van der Waals surface area contributed by atoms with E-state index >= 15 is 0 Å². The van der Waals surface area contributed by atoms with Gasteiger partial charge >= 0.3 is 0 Å². The molecule has 0 aliphatic carbocycles. The third-order valence-electron chi connectivity index (χ3n) is 2.65. The van der Waals surface area contributed by atoms with Gasteiger partial charge in [-0.15, -0.1) is 0 Å². The van der Waals surface area contributed by atoms with Crippen LogP contribution in [0.3, 0.4) is 0 Å². The summed E-state index contributed by atoms with van der Waals surface area (Å²) in [5.41, 5.74) is 1.54. The number of nitrogens with zero attached hydrogens (tertiary/aromatic N) is 1. The Hall–Kier alpha value is -1.09. The lowest BCUT2D eigenvalue weighted by Gasteiger charge is -2.05. The molecule has 0 bridgehead atoms. The van der Waals surface area contributed by atoms with Gasteiger partial charge in [0.25, 0.3) is 0 Å². The second-order valence-electron chi connectivity index (χ2n) is 4.10. The molecule has 1 aromatic heterocycles.